The average molecular weight is 201 g/mol. The van der Waals surface area contributed by atoms with Crippen LogP contribution in [-0.4, -0.2) is 18.1 Å². The zero-order chi connectivity index (χ0) is 10.7. The minimum atomic E-state index is -0.426. The number of ether oxygens (including phenoxy) is 1. The molecular formula is C12H11NO2. The lowest BCUT2D eigenvalue weighted by Crippen LogP contribution is -2.03. The van der Waals surface area contributed by atoms with Gasteiger partial charge in [0.05, 0.1) is 7.11 Å². The van der Waals surface area contributed by atoms with Crippen LogP contribution in [0.15, 0.2) is 18.3 Å². The van der Waals surface area contributed by atoms with Gasteiger partial charge in [-0.1, -0.05) is 11.8 Å². The lowest BCUT2D eigenvalue weighted by atomic mass is 10.2. The second-order valence-corrected chi connectivity index (χ2v) is 3.46. The second-order valence-electron chi connectivity index (χ2n) is 3.46. The number of nitrogens with zero attached hydrogens (tertiary/aromatic N) is 1. The van der Waals surface area contributed by atoms with Gasteiger partial charge in [0.15, 0.2) is 0 Å². The Labute approximate surface area is 88.5 Å². The molecule has 1 saturated carbocycles. The van der Waals surface area contributed by atoms with Crippen molar-refractivity contribution < 1.29 is 9.53 Å². The molecule has 3 nitrogen and oxygen atoms in total. The van der Waals surface area contributed by atoms with Crippen LogP contribution in [0.4, 0.5) is 0 Å². The van der Waals surface area contributed by atoms with Crippen molar-refractivity contribution in [3.05, 3.63) is 29.6 Å². The number of pyridine rings is 1. The molecule has 1 aromatic heterocycles. The van der Waals surface area contributed by atoms with Crippen LogP contribution < -0.4 is 0 Å². The largest absolute Gasteiger partial charge is 0.464 e. The molecule has 1 heterocycles. The molecule has 0 saturated heterocycles. The molecule has 0 bridgehead atoms. The number of esters is 1. The number of carbonyl (C=O) groups excluding carboxylic acids is 1. The Hall–Kier alpha value is -1.82. The van der Waals surface area contributed by atoms with Crippen molar-refractivity contribution in [2.75, 3.05) is 7.11 Å². The van der Waals surface area contributed by atoms with Crippen molar-refractivity contribution in [2.45, 2.75) is 12.8 Å². The summed E-state index contributed by atoms with van der Waals surface area (Å²) in [5, 5.41) is 0. The molecule has 0 N–H and O–H groups in total. The van der Waals surface area contributed by atoms with Crippen LogP contribution >= 0.6 is 0 Å². The first-order chi connectivity index (χ1) is 7.29. The quantitative estimate of drug-likeness (QED) is 0.512. The summed E-state index contributed by atoms with van der Waals surface area (Å²) in [7, 11) is 1.34. The van der Waals surface area contributed by atoms with Gasteiger partial charge in [-0.15, -0.1) is 0 Å². The molecule has 0 aromatic carbocycles. The van der Waals surface area contributed by atoms with E-state index in [-0.39, 0.29) is 0 Å². The summed E-state index contributed by atoms with van der Waals surface area (Å²) in [5.74, 6) is 6.28. The lowest BCUT2D eigenvalue weighted by Gasteiger charge is -1.97. The first-order valence-electron chi connectivity index (χ1n) is 4.85. The van der Waals surface area contributed by atoms with E-state index in [1.165, 1.54) is 20.0 Å². The highest BCUT2D eigenvalue weighted by molar-refractivity contribution is 5.87. The van der Waals surface area contributed by atoms with Crippen molar-refractivity contribution in [3.8, 4) is 11.8 Å². The number of aromatic nitrogens is 1. The summed E-state index contributed by atoms with van der Waals surface area (Å²) in [4.78, 5) is 15.1. The minimum absolute atomic E-state index is 0.306. The lowest BCUT2D eigenvalue weighted by molar-refractivity contribution is 0.0594. The molecule has 0 radical (unpaired) electrons. The molecule has 2 rings (SSSR count). The van der Waals surface area contributed by atoms with E-state index in [9.17, 15) is 4.79 Å². The maximum atomic E-state index is 11.2. The van der Waals surface area contributed by atoms with Crippen molar-refractivity contribution >= 4 is 5.97 Å². The van der Waals surface area contributed by atoms with Crippen LogP contribution in [0.5, 0.6) is 0 Å². The molecular weight excluding hydrogens is 190 g/mol. The van der Waals surface area contributed by atoms with Gasteiger partial charge < -0.3 is 4.74 Å². The SMILES string of the molecule is COC(=O)c1cc(C#CC2CC2)ccn1. The van der Waals surface area contributed by atoms with Gasteiger partial charge in [0.2, 0.25) is 0 Å². The molecule has 0 atom stereocenters. The number of hydrogen-bond acceptors (Lipinski definition) is 3. The maximum Gasteiger partial charge on any atom is 0.356 e. The molecule has 15 heavy (non-hydrogen) atoms. The van der Waals surface area contributed by atoms with Crippen molar-refractivity contribution in [2.24, 2.45) is 5.92 Å². The number of methoxy groups -OCH3 is 1. The van der Waals surface area contributed by atoms with Gasteiger partial charge in [0.25, 0.3) is 0 Å². The predicted molar refractivity (Wildman–Crippen MR) is 55.2 cm³/mol. The van der Waals surface area contributed by atoms with E-state index >= 15 is 0 Å². The van der Waals surface area contributed by atoms with Crippen LogP contribution in [0.3, 0.4) is 0 Å². The van der Waals surface area contributed by atoms with Gasteiger partial charge in [-0.25, -0.2) is 9.78 Å². The van der Waals surface area contributed by atoms with Crippen molar-refractivity contribution in [1.29, 1.82) is 0 Å². The van der Waals surface area contributed by atoms with Crippen molar-refractivity contribution in [3.63, 3.8) is 0 Å². The molecule has 0 spiro atoms. The van der Waals surface area contributed by atoms with Crippen LogP contribution in [-0.2, 0) is 4.74 Å². The third kappa shape index (κ3) is 2.57. The fourth-order valence-electron chi connectivity index (χ4n) is 1.14. The van der Waals surface area contributed by atoms with Gasteiger partial charge in [0.1, 0.15) is 5.69 Å². The monoisotopic (exact) mass is 201 g/mol. The average Bonchev–Trinajstić information content (AvgIpc) is 3.09. The fraction of sp³-hybridized carbons (Fsp3) is 0.333. The summed E-state index contributed by atoms with van der Waals surface area (Å²) in [6.07, 6.45) is 3.97. The van der Waals surface area contributed by atoms with Gasteiger partial charge >= 0.3 is 5.97 Å². The van der Waals surface area contributed by atoms with Crippen LogP contribution in [0.2, 0.25) is 0 Å². The number of carbonyl (C=O) groups is 1. The first kappa shape index (κ1) is 9.72. The highest BCUT2D eigenvalue weighted by Gasteiger charge is 2.17. The van der Waals surface area contributed by atoms with E-state index in [2.05, 4.69) is 21.6 Å². The Balaban J connectivity index is 2.19. The molecule has 0 aliphatic heterocycles. The molecule has 76 valence electrons. The van der Waals surface area contributed by atoms with E-state index in [0.717, 1.165) is 5.56 Å². The summed E-state index contributed by atoms with van der Waals surface area (Å²) in [5.41, 5.74) is 1.12. The number of hydrogen-bond donors (Lipinski definition) is 0. The highest BCUT2D eigenvalue weighted by Crippen LogP contribution is 2.27. The third-order valence-corrected chi connectivity index (χ3v) is 2.15. The Bertz CT molecular complexity index is 438. The maximum absolute atomic E-state index is 11.2. The summed E-state index contributed by atoms with van der Waals surface area (Å²) >= 11 is 0. The topological polar surface area (TPSA) is 39.2 Å². The zero-order valence-electron chi connectivity index (χ0n) is 8.49. The van der Waals surface area contributed by atoms with E-state index < -0.39 is 5.97 Å². The van der Waals surface area contributed by atoms with Gasteiger partial charge in [-0.05, 0) is 25.0 Å². The highest BCUT2D eigenvalue weighted by atomic mass is 16.5. The second kappa shape index (κ2) is 4.14. The molecule has 1 aliphatic carbocycles. The van der Waals surface area contributed by atoms with Crippen molar-refractivity contribution in [1.82, 2.24) is 4.98 Å². The predicted octanol–water partition coefficient (Wildman–Crippen LogP) is 1.63. The molecule has 1 aromatic rings. The minimum Gasteiger partial charge on any atom is -0.464 e. The molecule has 0 amide bonds. The van der Waals surface area contributed by atoms with Crippen LogP contribution in [0.25, 0.3) is 0 Å². The Morgan fingerprint density at radius 3 is 3.07 bits per heavy atom. The van der Waals surface area contributed by atoms with Crippen LogP contribution in [0, 0.1) is 17.8 Å². The van der Waals surface area contributed by atoms with E-state index in [0.29, 0.717) is 11.6 Å². The van der Waals surface area contributed by atoms with Gasteiger partial charge in [0, 0.05) is 17.7 Å². The molecule has 1 aliphatic rings. The Morgan fingerprint density at radius 1 is 1.60 bits per heavy atom. The van der Waals surface area contributed by atoms with E-state index in [4.69, 9.17) is 0 Å². The Morgan fingerprint density at radius 2 is 2.40 bits per heavy atom. The third-order valence-electron chi connectivity index (χ3n) is 2.15. The first-order valence-corrected chi connectivity index (χ1v) is 4.85. The smallest absolute Gasteiger partial charge is 0.356 e. The number of rotatable bonds is 1. The standard InChI is InChI=1S/C12H11NO2/c1-15-12(14)11-8-10(6-7-13-11)5-4-9-2-3-9/h6-9H,2-3H2,1H3. The van der Waals surface area contributed by atoms with Crippen LogP contribution in [0.1, 0.15) is 28.9 Å². The zero-order valence-corrected chi connectivity index (χ0v) is 8.49. The summed E-state index contributed by atoms with van der Waals surface area (Å²) in [6, 6.07) is 3.45. The van der Waals surface area contributed by atoms with E-state index in [1.807, 2.05) is 0 Å². The summed E-state index contributed by atoms with van der Waals surface area (Å²) < 4.78 is 4.58. The normalized spacial score (nSPS) is 13.9. The van der Waals surface area contributed by atoms with Gasteiger partial charge in [-0.2, -0.15) is 0 Å². The van der Waals surface area contributed by atoms with Gasteiger partial charge in [-0.3, -0.25) is 0 Å². The molecule has 3 heteroatoms. The fourth-order valence-corrected chi connectivity index (χ4v) is 1.14. The molecule has 1 fully saturated rings. The summed E-state index contributed by atoms with van der Waals surface area (Å²) in [6.45, 7) is 0. The Kier molecular flexibility index (Phi) is 2.68. The van der Waals surface area contributed by atoms with E-state index in [1.54, 1.807) is 18.3 Å². The molecule has 0 unspecified atom stereocenters.